The van der Waals surface area contributed by atoms with Crippen molar-refractivity contribution in [1.82, 2.24) is 9.99 Å². The number of hydrazone groups is 1. The number of methoxy groups -OCH3 is 2. The first-order valence-corrected chi connectivity index (χ1v) is 11.1. The number of thioether (sulfide) groups is 1. The van der Waals surface area contributed by atoms with Gasteiger partial charge in [0, 0.05) is 35.0 Å². The number of carbonyl (C=O) groups excluding carboxylic acids is 2. The van der Waals surface area contributed by atoms with Crippen molar-refractivity contribution in [1.29, 1.82) is 0 Å². The zero-order chi connectivity index (χ0) is 23.2. The van der Waals surface area contributed by atoms with Crippen LogP contribution in [-0.2, 0) is 6.54 Å². The van der Waals surface area contributed by atoms with E-state index >= 15 is 0 Å². The number of hydrogen-bond acceptors (Lipinski definition) is 7. The van der Waals surface area contributed by atoms with Gasteiger partial charge in [-0.1, -0.05) is 30.0 Å². The Bertz CT molecular complexity index is 1200. The highest BCUT2D eigenvalue weighted by molar-refractivity contribution is 8.14. The normalized spacial score (nSPS) is 13.3. The molecular formula is C24H22N4O4S. The van der Waals surface area contributed by atoms with E-state index in [1.165, 1.54) is 16.8 Å². The summed E-state index contributed by atoms with van der Waals surface area (Å²) in [5, 5.41) is 8.77. The summed E-state index contributed by atoms with van der Waals surface area (Å²) in [5.74, 6) is 1.41. The Labute approximate surface area is 195 Å². The number of benzene rings is 2. The van der Waals surface area contributed by atoms with Gasteiger partial charge >= 0.3 is 5.24 Å². The highest BCUT2D eigenvalue weighted by atomic mass is 32.2. The second-order valence-corrected chi connectivity index (χ2v) is 8.00. The van der Waals surface area contributed by atoms with Gasteiger partial charge in [0.2, 0.25) is 0 Å². The molecule has 1 aliphatic rings. The van der Waals surface area contributed by atoms with Crippen LogP contribution < -0.4 is 14.8 Å². The Morgan fingerprint density at radius 3 is 2.58 bits per heavy atom. The second-order valence-electron chi connectivity index (χ2n) is 7.08. The van der Waals surface area contributed by atoms with Gasteiger partial charge in [-0.05, 0) is 42.0 Å². The van der Waals surface area contributed by atoms with Gasteiger partial charge in [-0.25, -0.2) is 5.01 Å². The third-order valence-corrected chi connectivity index (χ3v) is 5.90. The Morgan fingerprint density at radius 1 is 1.06 bits per heavy atom. The van der Waals surface area contributed by atoms with Crippen molar-refractivity contribution in [3.05, 3.63) is 83.7 Å². The molecule has 1 aromatic heterocycles. The molecule has 2 aromatic carbocycles. The maximum absolute atomic E-state index is 12.6. The van der Waals surface area contributed by atoms with E-state index in [1.54, 1.807) is 44.8 Å². The van der Waals surface area contributed by atoms with E-state index in [0.29, 0.717) is 28.5 Å². The third-order valence-electron chi connectivity index (χ3n) is 5.03. The van der Waals surface area contributed by atoms with Gasteiger partial charge in [-0.3, -0.25) is 14.6 Å². The number of nitrogens with zero attached hydrogens (tertiary/aromatic N) is 3. The van der Waals surface area contributed by atoms with Crippen LogP contribution in [0, 0.1) is 0 Å². The molecule has 0 aliphatic carbocycles. The minimum Gasteiger partial charge on any atom is -0.493 e. The van der Waals surface area contributed by atoms with Gasteiger partial charge in [0.1, 0.15) is 0 Å². The van der Waals surface area contributed by atoms with Crippen LogP contribution in [0.5, 0.6) is 11.5 Å². The van der Waals surface area contributed by atoms with Gasteiger partial charge in [-0.2, -0.15) is 5.10 Å². The zero-order valence-electron chi connectivity index (χ0n) is 18.1. The van der Waals surface area contributed by atoms with Crippen LogP contribution in [0.3, 0.4) is 0 Å². The van der Waals surface area contributed by atoms with Crippen LogP contribution in [-0.4, -0.2) is 46.8 Å². The fourth-order valence-electron chi connectivity index (χ4n) is 3.32. The number of aromatic nitrogens is 1. The summed E-state index contributed by atoms with van der Waals surface area (Å²) in [4.78, 5) is 29.1. The van der Waals surface area contributed by atoms with E-state index in [0.717, 1.165) is 16.8 Å². The Hall–Kier alpha value is -3.85. The average molecular weight is 463 g/mol. The minimum atomic E-state index is -0.251. The summed E-state index contributed by atoms with van der Waals surface area (Å²) in [6.45, 7) is 0.218. The van der Waals surface area contributed by atoms with Crippen LogP contribution in [0.4, 0.5) is 10.5 Å². The molecule has 0 saturated carbocycles. The van der Waals surface area contributed by atoms with Crippen LogP contribution >= 0.6 is 11.8 Å². The number of hydrogen-bond donors (Lipinski definition) is 1. The van der Waals surface area contributed by atoms with E-state index in [9.17, 15) is 9.59 Å². The van der Waals surface area contributed by atoms with Crippen molar-refractivity contribution in [3.63, 3.8) is 0 Å². The van der Waals surface area contributed by atoms with E-state index in [1.807, 2.05) is 36.4 Å². The highest BCUT2D eigenvalue weighted by Gasteiger charge is 2.24. The average Bonchev–Trinajstić information content (AvgIpc) is 2.86. The molecule has 1 aliphatic heterocycles. The smallest absolute Gasteiger partial charge is 0.302 e. The molecule has 0 spiro atoms. The number of nitrogens with one attached hydrogen (secondary N) is 1. The first kappa shape index (κ1) is 22.3. The lowest BCUT2D eigenvalue weighted by Gasteiger charge is -2.24. The summed E-state index contributed by atoms with van der Waals surface area (Å²) in [6, 6.07) is 16.2. The van der Waals surface area contributed by atoms with E-state index < -0.39 is 0 Å². The first-order valence-electron chi connectivity index (χ1n) is 10.1. The lowest BCUT2D eigenvalue weighted by Crippen LogP contribution is -2.30. The number of ether oxygens (including phenoxy) is 2. The molecule has 168 valence electrons. The molecule has 1 N–H and O–H groups in total. The number of pyridine rings is 1. The number of anilines is 1. The molecule has 0 bridgehead atoms. The predicted molar refractivity (Wildman–Crippen MR) is 128 cm³/mol. The topological polar surface area (TPSA) is 93.1 Å². The molecule has 0 atom stereocenters. The Morgan fingerprint density at radius 2 is 1.82 bits per heavy atom. The van der Waals surface area contributed by atoms with Crippen molar-refractivity contribution in [2.24, 2.45) is 5.10 Å². The largest absolute Gasteiger partial charge is 0.493 e. The van der Waals surface area contributed by atoms with Crippen molar-refractivity contribution >= 4 is 34.3 Å². The first-order chi connectivity index (χ1) is 16.1. The predicted octanol–water partition coefficient (Wildman–Crippen LogP) is 4.42. The summed E-state index contributed by atoms with van der Waals surface area (Å²) in [7, 11) is 3.16. The van der Waals surface area contributed by atoms with Gasteiger partial charge in [0.15, 0.2) is 11.5 Å². The van der Waals surface area contributed by atoms with E-state index in [4.69, 9.17) is 9.47 Å². The Kier molecular flexibility index (Phi) is 6.89. The molecule has 0 fully saturated rings. The molecule has 8 nitrogen and oxygen atoms in total. The summed E-state index contributed by atoms with van der Waals surface area (Å²) in [5.41, 5.74) is 3.48. The maximum atomic E-state index is 12.6. The molecular weight excluding hydrogens is 440 g/mol. The summed E-state index contributed by atoms with van der Waals surface area (Å²) >= 11 is 1.18. The maximum Gasteiger partial charge on any atom is 0.302 e. The zero-order valence-corrected chi connectivity index (χ0v) is 19.0. The SMILES string of the molecule is COc1ccc(C2=NN(Cc3ccccc3NC(=O)c3ccncc3)C(=O)SC2)cc1OC. The van der Waals surface area contributed by atoms with Gasteiger partial charge < -0.3 is 14.8 Å². The molecule has 4 rings (SSSR count). The molecule has 9 heteroatoms. The van der Waals surface area contributed by atoms with E-state index in [2.05, 4.69) is 15.4 Å². The van der Waals surface area contributed by atoms with Gasteiger partial charge in [-0.15, -0.1) is 0 Å². The van der Waals surface area contributed by atoms with Crippen molar-refractivity contribution in [2.45, 2.75) is 6.54 Å². The minimum absolute atomic E-state index is 0.158. The molecule has 3 aromatic rings. The van der Waals surface area contributed by atoms with E-state index in [-0.39, 0.29) is 17.7 Å². The lowest BCUT2D eigenvalue weighted by molar-refractivity contribution is 0.102. The van der Waals surface area contributed by atoms with Gasteiger partial charge in [0.25, 0.3) is 5.91 Å². The molecule has 0 radical (unpaired) electrons. The molecule has 2 amide bonds. The van der Waals surface area contributed by atoms with Crippen molar-refractivity contribution < 1.29 is 19.1 Å². The fourth-order valence-corrected chi connectivity index (χ4v) is 4.05. The van der Waals surface area contributed by atoms with Crippen molar-refractivity contribution in [2.75, 3.05) is 25.3 Å². The van der Waals surface area contributed by atoms with Crippen LogP contribution in [0.2, 0.25) is 0 Å². The van der Waals surface area contributed by atoms with Crippen LogP contribution in [0.15, 0.2) is 72.1 Å². The monoisotopic (exact) mass is 462 g/mol. The highest BCUT2D eigenvalue weighted by Crippen LogP contribution is 2.30. The standard InChI is InChI=1S/C24H22N4O4S/c1-31-21-8-7-17(13-22(21)32-2)20-15-33-24(30)28(27-20)14-18-5-3-4-6-19(18)26-23(29)16-9-11-25-12-10-16/h3-13H,14-15H2,1-2H3,(H,26,29). The summed E-state index contributed by atoms with van der Waals surface area (Å²) < 4.78 is 10.7. The van der Waals surface area contributed by atoms with Gasteiger partial charge in [0.05, 0.1) is 26.5 Å². The quantitative estimate of drug-likeness (QED) is 0.559. The fraction of sp³-hybridized carbons (Fsp3) is 0.167. The molecule has 0 unspecified atom stereocenters. The number of para-hydroxylation sites is 1. The third kappa shape index (κ3) is 5.15. The molecule has 0 saturated heterocycles. The number of rotatable bonds is 7. The number of carbonyl (C=O) groups is 2. The molecule has 2 heterocycles. The van der Waals surface area contributed by atoms with Crippen molar-refractivity contribution in [3.8, 4) is 11.5 Å². The lowest BCUT2D eigenvalue weighted by atomic mass is 10.1. The summed E-state index contributed by atoms with van der Waals surface area (Å²) in [6.07, 6.45) is 3.13. The number of amides is 2. The van der Waals surface area contributed by atoms with Crippen LogP contribution in [0.25, 0.3) is 0 Å². The second kappa shape index (κ2) is 10.2. The molecule has 33 heavy (non-hydrogen) atoms. The Balaban J connectivity index is 1.57. The van der Waals surface area contributed by atoms with Crippen LogP contribution in [0.1, 0.15) is 21.5 Å².